The minimum atomic E-state index is -3.34. The zero-order valence-electron chi connectivity index (χ0n) is 15.5. The second-order valence-corrected chi connectivity index (χ2v) is 6.10. The van der Waals surface area contributed by atoms with Crippen LogP contribution in [0.5, 0.6) is 17.2 Å². The third-order valence-electron chi connectivity index (χ3n) is 4.04. The molecule has 3 aromatic rings. The first-order chi connectivity index (χ1) is 14.7. The van der Waals surface area contributed by atoms with Crippen LogP contribution in [0.4, 0.5) is 37.7 Å². The lowest BCUT2D eigenvalue weighted by atomic mass is 10.1. The van der Waals surface area contributed by atoms with Crippen LogP contribution in [0.1, 0.15) is 5.56 Å². The maximum absolute atomic E-state index is 13.9. The van der Waals surface area contributed by atoms with Gasteiger partial charge in [-0.25, -0.2) is 4.39 Å². The maximum Gasteiger partial charge on any atom is 0.387 e. The van der Waals surface area contributed by atoms with Crippen molar-refractivity contribution in [3.8, 4) is 17.2 Å². The summed E-state index contributed by atoms with van der Waals surface area (Å²) in [6.07, 6.45) is 2.97. The van der Waals surface area contributed by atoms with Gasteiger partial charge in [0.05, 0.1) is 0 Å². The molecule has 31 heavy (non-hydrogen) atoms. The molecular formula is C20H14F6N2O3. The van der Waals surface area contributed by atoms with Crippen molar-refractivity contribution in [2.45, 2.75) is 19.8 Å². The fourth-order valence-electron chi connectivity index (χ4n) is 2.77. The van der Waals surface area contributed by atoms with E-state index in [1.165, 1.54) is 23.4 Å². The van der Waals surface area contributed by atoms with Gasteiger partial charge in [-0.05, 0) is 23.8 Å². The first-order valence-electron chi connectivity index (χ1n) is 8.62. The van der Waals surface area contributed by atoms with E-state index in [0.717, 1.165) is 24.3 Å². The van der Waals surface area contributed by atoms with Crippen molar-refractivity contribution in [3.63, 3.8) is 0 Å². The molecule has 1 N–H and O–H groups in total. The van der Waals surface area contributed by atoms with Gasteiger partial charge in [0.1, 0.15) is 0 Å². The second-order valence-electron chi connectivity index (χ2n) is 6.10. The molecule has 2 aromatic carbocycles. The number of phenolic OH excluding ortho intramolecular Hbond substituents is 1. The number of aromatic hydroxyl groups is 1. The fourth-order valence-corrected chi connectivity index (χ4v) is 2.77. The number of hydrogen-bond acceptors (Lipinski definition) is 5. The molecule has 0 atom stereocenters. The Hall–Kier alpha value is -3.63. The normalized spacial score (nSPS) is 11.1. The predicted molar refractivity (Wildman–Crippen MR) is 97.8 cm³/mol. The third kappa shape index (κ3) is 5.50. The van der Waals surface area contributed by atoms with Crippen LogP contribution in [0, 0.1) is 11.6 Å². The summed E-state index contributed by atoms with van der Waals surface area (Å²) in [7, 11) is 0. The van der Waals surface area contributed by atoms with Crippen LogP contribution < -0.4 is 14.4 Å². The Morgan fingerprint density at radius 2 is 1.61 bits per heavy atom. The highest BCUT2D eigenvalue weighted by atomic mass is 19.3. The lowest BCUT2D eigenvalue weighted by Gasteiger charge is -2.26. The van der Waals surface area contributed by atoms with Gasteiger partial charge >= 0.3 is 13.2 Å². The highest BCUT2D eigenvalue weighted by molar-refractivity contribution is 5.68. The van der Waals surface area contributed by atoms with E-state index in [1.54, 1.807) is 12.1 Å². The summed E-state index contributed by atoms with van der Waals surface area (Å²) < 4.78 is 86.7. The lowest BCUT2D eigenvalue weighted by Crippen LogP contribution is -2.17. The number of ether oxygens (including phenoxy) is 2. The second kappa shape index (κ2) is 9.45. The van der Waals surface area contributed by atoms with Crippen molar-refractivity contribution < 1.29 is 40.9 Å². The van der Waals surface area contributed by atoms with E-state index in [-0.39, 0.29) is 17.9 Å². The first kappa shape index (κ1) is 22.1. The molecular weight excluding hydrogens is 430 g/mol. The van der Waals surface area contributed by atoms with Crippen LogP contribution in [-0.4, -0.2) is 23.3 Å². The van der Waals surface area contributed by atoms with E-state index < -0.39 is 42.1 Å². The van der Waals surface area contributed by atoms with Crippen molar-refractivity contribution in [1.82, 2.24) is 4.98 Å². The van der Waals surface area contributed by atoms with Gasteiger partial charge < -0.3 is 19.5 Å². The number of halogens is 6. The van der Waals surface area contributed by atoms with Crippen LogP contribution in [0.2, 0.25) is 0 Å². The molecule has 164 valence electrons. The molecule has 0 amide bonds. The molecule has 0 saturated heterocycles. The van der Waals surface area contributed by atoms with Gasteiger partial charge in [0.15, 0.2) is 28.9 Å². The maximum atomic E-state index is 13.9. The largest absolute Gasteiger partial charge is 0.505 e. The van der Waals surface area contributed by atoms with Crippen molar-refractivity contribution in [2.75, 3.05) is 4.90 Å². The number of benzene rings is 2. The van der Waals surface area contributed by atoms with E-state index in [2.05, 4.69) is 14.5 Å². The number of hydrogen-bond donors (Lipinski definition) is 1. The molecule has 11 heteroatoms. The highest BCUT2D eigenvalue weighted by Gasteiger charge is 2.20. The van der Waals surface area contributed by atoms with Crippen LogP contribution in [0.25, 0.3) is 0 Å². The molecule has 0 aliphatic carbocycles. The van der Waals surface area contributed by atoms with E-state index in [0.29, 0.717) is 5.56 Å². The van der Waals surface area contributed by atoms with Crippen molar-refractivity contribution in [3.05, 3.63) is 72.1 Å². The number of nitrogens with zero attached hydrogens (tertiary/aromatic N) is 2. The van der Waals surface area contributed by atoms with Crippen molar-refractivity contribution in [1.29, 1.82) is 0 Å². The summed E-state index contributed by atoms with van der Waals surface area (Å²) in [5, 5.41) is 9.68. The van der Waals surface area contributed by atoms with Gasteiger partial charge in [0.25, 0.3) is 0 Å². The van der Waals surface area contributed by atoms with Gasteiger partial charge in [-0.15, -0.1) is 0 Å². The quantitative estimate of drug-likeness (QED) is 0.458. The van der Waals surface area contributed by atoms with Crippen LogP contribution in [0.3, 0.4) is 0 Å². The average Bonchev–Trinajstić information content (AvgIpc) is 2.71. The monoisotopic (exact) mass is 444 g/mol. The molecule has 1 heterocycles. The van der Waals surface area contributed by atoms with Crippen LogP contribution in [0.15, 0.2) is 54.9 Å². The summed E-state index contributed by atoms with van der Waals surface area (Å²) >= 11 is 0. The molecule has 0 saturated carbocycles. The number of anilines is 2. The van der Waals surface area contributed by atoms with E-state index in [9.17, 15) is 31.4 Å². The topological polar surface area (TPSA) is 54.8 Å². The lowest BCUT2D eigenvalue weighted by molar-refractivity contribution is -0.0692. The van der Waals surface area contributed by atoms with Gasteiger partial charge in [-0.1, -0.05) is 6.07 Å². The average molecular weight is 444 g/mol. The molecule has 0 radical (unpaired) electrons. The Morgan fingerprint density at radius 3 is 2.23 bits per heavy atom. The summed E-state index contributed by atoms with van der Waals surface area (Å²) in [5.74, 6) is -5.14. The van der Waals surface area contributed by atoms with Gasteiger partial charge in [0.2, 0.25) is 0 Å². The standard InChI is InChI=1S/C20H14F6N2O3/c21-14-6-13(7-15(29)18(14)22)28(10-11-2-1-5-27-9-11)12-3-4-16(30-19(23)24)17(8-12)31-20(25)26/h1-9,19-20,29H,10H2. The predicted octanol–water partition coefficient (Wildman–Crippen LogP) is 5.61. The third-order valence-corrected chi connectivity index (χ3v) is 4.04. The Labute approximate surface area is 172 Å². The number of pyridine rings is 1. The smallest absolute Gasteiger partial charge is 0.387 e. The molecule has 0 aliphatic heterocycles. The van der Waals surface area contributed by atoms with E-state index >= 15 is 0 Å². The molecule has 1 aromatic heterocycles. The summed E-state index contributed by atoms with van der Waals surface area (Å²) in [6.45, 7) is -6.66. The zero-order chi connectivity index (χ0) is 22.5. The Kier molecular flexibility index (Phi) is 6.73. The van der Waals surface area contributed by atoms with E-state index in [4.69, 9.17) is 0 Å². The Morgan fingerprint density at radius 1 is 0.903 bits per heavy atom. The molecule has 0 unspecified atom stereocenters. The fraction of sp³-hybridized carbons (Fsp3) is 0.150. The first-order valence-corrected chi connectivity index (χ1v) is 8.62. The van der Waals surface area contributed by atoms with Crippen LogP contribution in [-0.2, 0) is 6.54 Å². The number of rotatable bonds is 8. The number of aromatic nitrogens is 1. The minimum absolute atomic E-state index is 0.0263. The SMILES string of the molecule is Oc1cc(N(Cc2cccnc2)c2ccc(OC(F)F)c(OC(F)F)c2)cc(F)c1F. The van der Waals surface area contributed by atoms with Gasteiger partial charge in [-0.3, -0.25) is 4.98 Å². The summed E-state index contributed by atoms with van der Waals surface area (Å²) in [5.41, 5.74) is 0.605. The zero-order valence-corrected chi connectivity index (χ0v) is 15.5. The number of alkyl halides is 4. The molecule has 0 fully saturated rings. The van der Waals surface area contributed by atoms with Crippen LogP contribution >= 0.6 is 0 Å². The van der Waals surface area contributed by atoms with Gasteiger partial charge in [-0.2, -0.15) is 22.0 Å². The minimum Gasteiger partial charge on any atom is -0.505 e. The highest BCUT2D eigenvalue weighted by Crippen LogP contribution is 2.38. The van der Waals surface area contributed by atoms with Crippen molar-refractivity contribution >= 4 is 11.4 Å². The summed E-state index contributed by atoms with van der Waals surface area (Å²) in [6, 6.07) is 8.14. The Bertz CT molecular complexity index is 1010. The molecule has 3 rings (SSSR count). The molecule has 0 aliphatic rings. The molecule has 0 bridgehead atoms. The molecule has 5 nitrogen and oxygen atoms in total. The number of phenols is 1. The van der Waals surface area contributed by atoms with Gasteiger partial charge in [0, 0.05) is 48.5 Å². The molecule has 0 spiro atoms. The summed E-state index contributed by atoms with van der Waals surface area (Å²) in [4.78, 5) is 5.25. The van der Waals surface area contributed by atoms with Crippen molar-refractivity contribution in [2.24, 2.45) is 0 Å². The Balaban J connectivity index is 2.10. The van der Waals surface area contributed by atoms with E-state index in [1.807, 2.05) is 0 Å².